The number of hydrogen-bond donors (Lipinski definition) is 2. The molecule has 1 unspecified atom stereocenters. The number of nitrogens with one attached hydrogen (secondary N) is 1. The first-order valence-electron chi connectivity index (χ1n) is 5.49. The van der Waals surface area contributed by atoms with Crippen molar-refractivity contribution >= 4 is 27.0 Å². The van der Waals surface area contributed by atoms with Crippen LogP contribution in [0.25, 0.3) is 0 Å². The Bertz CT molecular complexity index is 669. The summed E-state index contributed by atoms with van der Waals surface area (Å²) >= 11 is 1.48. The maximum atomic E-state index is 13.1. The van der Waals surface area contributed by atoms with Crippen LogP contribution in [-0.4, -0.2) is 8.42 Å². The Morgan fingerprint density at radius 3 is 2.74 bits per heavy atom. The van der Waals surface area contributed by atoms with Gasteiger partial charge in [0.25, 0.3) is 0 Å². The monoisotopic (exact) mass is 300 g/mol. The molecule has 0 bridgehead atoms. The molecule has 3 N–H and O–H groups in total. The van der Waals surface area contributed by atoms with E-state index < -0.39 is 21.9 Å². The van der Waals surface area contributed by atoms with E-state index in [1.54, 1.807) is 6.92 Å². The molecule has 4 nitrogen and oxygen atoms in total. The van der Waals surface area contributed by atoms with Crippen molar-refractivity contribution in [2.45, 2.75) is 17.9 Å². The summed E-state index contributed by atoms with van der Waals surface area (Å²) in [4.78, 5) is -0.241. The maximum absolute atomic E-state index is 13.1. The molecular weight excluding hydrogens is 287 g/mol. The lowest BCUT2D eigenvalue weighted by Gasteiger charge is -2.14. The van der Waals surface area contributed by atoms with Crippen molar-refractivity contribution < 1.29 is 12.8 Å². The van der Waals surface area contributed by atoms with Gasteiger partial charge in [-0.15, -0.1) is 0 Å². The van der Waals surface area contributed by atoms with Crippen LogP contribution in [-0.2, 0) is 10.0 Å². The van der Waals surface area contributed by atoms with Crippen LogP contribution in [0.2, 0.25) is 0 Å². The van der Waals surface area contributed by atoms with Crippen LogP contribution in [0.1, 0.15) is 18.5 Å². The Morgan fingerprint density at radius 1 is 1.37 bits per heavy atom. The van der Waals surface area contributed by atoms with Crippen molar-refractivity contribution in [3.8, 4) is 0 Å². The second-order valence-corrected chi connectivity index (χ2v) is 6.54. The third kappa shape index (κ3) is 3.12. The first-order valence-corrected chi connectivity index (χ1v) is 7.92. The minimum absolute atomic E-state index is 0.0198. The number of sulfonamides is 1. The number of hydrogen-bond acceptors (Lipinski definition) is 4. The largest absolute Gasteiger partial charge is 0.398 e. The molecule has 0 fully saturated rings. The molecule has 0 spiro atoms. The third-order valence-electron chi connectivity index (χ3n) is 2.64. The molecule has 1 atom stereocenters. The van der Waals surface area contributed by atoms with E-state index in [1.807, 2.05) is 16.8 Å². The highest BCUT2D eigenvalue weighted by Crippen LogP contribution is 2.23. The predicted molar refractivity (Wildman–Crippen MR) is 73.9 cm³/mol. The first-order chi connectivity index (χ1) is 8.90. The second-order valence-electron chi connectivity index (χ2n) is 4.08. The minimum Gasteiger partial charge on any atom is -0.398 e. The molecule has 1 heterocycles. The zero-order valence-corrected chi connectivity index (χ0v) is 11.8. The molecule has 0 radical (unpaired) electrons. The summed E-state index contributed by atoms with van der Waals surface area (Å²) in [6.07, 6.45) is 0. The lowest BCUT2D eigenvalue weighted by atomic mass is 10.2. The van der Waals surface area contributed by atoms with Gasteiger partial charge in [-0.1, -0.05) is 0 Å². The average Bonchev–Trinajstić information content (AvgIpc) is 2.85. The smallest absolute Gasteiger partial charge is 0.243 e. The van der Waals surface area contributed by atoms with Crippen LogP contribution in [0.15, 0.2) is 39.9 Å². The van der Waals surface area contributed by atoms with Gasteiger partial charge in [-0.3, -0.25) is 0 Å². The fourth-order valence-electron chi connectivity index (χ4n) is 1.63. The molecule has 1 aromatic heterocycles. The van der Waals surface area contributed by atoms with Gasteiger partial charge >= 0.3 is 0 Å². The first kappa shape index (κ1) is 14.0. The Kier molecular flexibility index (Phi) is 3.88. The molecule has 2 rings (SSSR count). The van der Waals surface area contributed by atoms with E-state index in [9.17, 15) is 12.8 Å². The van der Waals surface area contributed by atoms with Gasteiger partial charge < -0.3 is 5.73 Å². The van der Waals surface area contributed by atoms with E-state index in [2.05, 4.69) is 4.72 Å². The van der Waals surface area contributed by atoms with Gasteiger partial charge in [-0.05, 0) is 47.5 Å². The van der Waals surface area contributed by atoms with E-state index in [1.165, 1.54) is 17.4 Å². The van der Waals surface area contributed by atoms with Crippen LogP contribution in [0.4, 0.5) is 10.1 Å². The number of nitrogen functional groups attached to an aromatic ring is 1. The van der Waals surface area contributed by atoms with Crippen molar-refractivity contribution in [2.75, 3.05) is 5.73 Å². The van der Waals surface area contributed by atoms with Gasteiger partial charge in [0.05, 0.1) is 5.69 Å². The minimum atomic E-state index is -3.85. The molecular formula is C12H13FN2O2S2. The highest BCUT2D eigenvalue weighted by Gasteiger charge is 2.21. The summed E-state index contributed by atoms with van der Waals surface area (Å²) in [6.45, 7) is 1.72. The zero-order chi connectivity index (χ0) is 14.0. The number of thiophene rings is 1. The van der Waals surface area contributed by atoms with Crippen molar-refractivity contribution in [3.05, 3.63) is 46.4 Å². The highest BCUT2D eigenvalue weighted by molar-refractivity contribution is 7.89. The number of halogens is 1. The molecule has 102 valence electrons. The molecule has 2 aromatic rings. The molecule has 0 aliphatic heterocycles. The molecule has 7 heteroatoms. The zero-order valence-electron chi connectivity index (χ0n) is 10.1. The van der Waals surface area contributed by atoms with Crippen molar-refractivity contribution in [1.29, 1.82) is 0 Å². The Labute approximate surface area is 115 Å². The van der Waals surface area contributed by atoms with Crippen molar-refractivity contribution in [3.63, 3.8) is 0 Å². The van der Waals surface area contributed by atoms with E-state index in [-0.39, 0.29) is 10.6 Å². The standard InChI is InChI=1S/C12H13FN2O2S2/c1-8(9-4-5-18-7-9)15-19(16,17)12-6-10(13)2-3-11(12)14/h2-8,15H,14H2,1H3. The van der Waals surface area contributed by atoms with Gasteiger partial charge in [0.1, 0.15) is 10.7 Å². The number of rotatable bonds is 4. The molecule has 0 aliphatic carbocycles. The van der Waals surface area contributed by atoms with Crippen LogP contribution in [0, 0.1) is 5.82 Å². The highest BCUT2D eigenvalue weighted by atomic mass is 32.2. The summed E-state index contributed by atoms with van der Waals surface area (Å²) in [6, 6.07) is 4.69. The second kappa shape index (κ2) is 5.28. The Balaban J connectivity index is 2.30. The van der Waals surface area contributed by atoms with E-state index in [0.717, 1.165) is 17.7 Å². The normalized spacial score (nSPS) is 13.4. The maximum Gasteiger partial charge on any atom is 0.243 e. The molecule has 0 aliphatic rings. The topological polar surface area (TPSA) is 72.2 Å². The van der Waals surface area contributed by atoms with Crippen LogP contribution >= 0.6 is 11.3 Å². The van der Waals surface area contributed by atoms with E-state index >= 15 is 0 Å². The molecule has 1 aromatic carbocycles. The summed E-state index contributed by atoms with van der Waals surface area (Å²) in [7, 11) is -3.85. The van der Waals surface area contributed by atoms with Gasteiger partial charge in [0.15, 0.2) is 0 Å². The predicted octanol–water partition coefficient (Wildman–Crippen LogP) is 2.51. The van der Waals surface area contributed by atoms with Crippen LogP contribution < -0.4 is 10.5 Å². The van der Waals surface area contributed by atoms with Gasteiger partial charge in [-0.2, -0.15) is 11.3 Å². The van der Waals surface area contributed by atoms with Gasteiger partial charge in [0.2, 0.25) is 10.0 Å². The summed E-state index contributed by atoms with van der Waals surface area (Å²) in [5, 5.41) is 3.71. The molecule has 0 saturated heterocycles. The summed E-state index contributed by atoms with van der Waals surface area (Å²) in [5.41, 5.74) is 6.46. The van der Waals surface area contributed by atoms with Gasteiger partial charge in [-0.25, -0.2) is 17.5 Å². The number of benzene rings is 1. The van der Waals surface area contributed by atoms with Crippen LogP contribution in [0.5, 0.6) is 0 Å². The third-order valence-corrected chi connectivity index (χ3v) is 4.94. The average molecular weight is 300 g/mol. The summed E-state index contributed by atoms with van der Waals surface area (Å²) in [5.74, 6) is -0.641. The number of nitrogens with two attached hydrogens (primary N) is 1. The van der Waals surface area contributed by atoms with Crippen molar-refractivity contribution in [2.24, 2.45) is 0 Å². The SMILES string of the molecule is CC(NS(=O)(=O)c1cc(F)ccc1N)c1ccsc1. The summed E-state index contributed by atoms with van der Waals surface area (Å²) < 4.78 is 39.9. The quantitative estimate of drug-likeness (QED) is 0.852. The fraction of sp³-hybridized carbons (Fsp3) is 0.167. The van der Waals surface area contributed by atoms with Crippen LogP contribution in [0.3, 0.4) is 0 Å². The van der Waals surface area contributed by atoms with Gasteiger partial charge in [0, 0.05) is 6.04 Å². The molecule has 0 amide bonds. The molecule has 0 saturated carbocycles. The Morgan fingerprint density at radius 2 is 2.11 bits per heavy atom. The Hall–Kier alpha value is -1.44. The van der Waals surface area contributed by atoms with E-state index in [0.29, 0.717) is 0 Å². The molecule has 19 heavy (non-hydrogen) atoms. The lowest BCUT2D eigenvalue weighted by molar-refractivity contribution is 0.565. The lowest BCUT2D eigenvalue weighted by Crippen LogP contribution is -2.27. The fourth-order valence-corrected chi connectivity index (χ4v) is 3.76. The number of anilines is 1. The van der Waals surface area contributed by atoms with E-state index in [4.69, 9.17) is 5.73 Å². The van der Waals surface area contributed by atoms with Crippen molar-refractivity contribution in [1.82, 2.24) is 4.72 Å².